The van der Waals surface area contributed by atoms with Crippen LogP contribution in [0.4, 0.5) is 0 Å². The van der Waals surface area contributed by atoms with Crippen LogP contribution in [0.1, 0.15) is 47.1 Å². The van der Waals surface area contributed by atoms with Gasteiger partial charge in [-0.3, -0.25) is 0 Å². The second kappa shape index (κ2) is 5.90. The van der Waals surface area contributed by atoms with Gasteiger partial charge in [-0.05, 0) is 44.7 Å². The number of furan rings is 1. The normalized spacial score (nSPS) is 15.6. The van der Waals surface area contributed by atoms with Gasteiger partial charge in [-0.25, -0.2) is 9.67 Å². The molecule has 1 aliphatic carbocycles. The summed E-state index contributed by atoms with van der Waals surface area (Å²) >= 11 is 1.79. The van der Waals surface area contributed by atoms with E-state index in [1.165, 1.54) is 23.4 Å². The third-order valence-electron chi connectivity index (χ3n) is 4.20. The summed E-state index contributed by atoms with van der Waals surface area (Å²) in [5.74, 6) is 1.14. The highest BCUT2D eigenvalue weighted by atomic mass is 32.1. The maximum Gasteiger partial charge on any atom is 0.156 e. The Hall–Kier alpha value is -1.99. The van der Waals surface area contributed by atoms with Gasteiger partial charge in [-0.1, -0.05) is 5.21 Å². The Morgan fingerprint density at radius 1 is 1.35 bits per heavy atom. The number of aromatic nitrogens is 4. The van der Waals surface area contributed by atoms with Crippen molar-refractivity contribution in [1.82, 2.24) is 20.0 Å². The minimum atomic E-state index is -0.116. The van der Waals surface area contributed by atoms with E-state index < -0.39 is 0 Å². The molecule has 1 N–H and O–H groups in total. The standard InChI is InChI=1S/C16H18N4O2S/c1-10(16-17-12-4-2-3-5-15(12)23-16)20-8-13(18-19-20)14-7-6-11(9-21)22-14/h6-8,10,21H,2-5,9H2,1H3/t10-/m1/s1. The minimum absolute atomic E-state index is 0.0547. The van der Waals surface area contributed by atoms with E-state index >= 15 is 0 Å². The van der Waals surface area contributed by atoms with Gasteiger partial charge in [-0.15, -0.1) is 16.4 Å². The Kier molecular flexibility index (Phi) is 3.74. The van der Waals surface area contributed by atoms with Crippen LogP contribution in [0.25, 0.3) is 11.5 Å². The van der Waals surface area contributed by atoms with Crippen molar-refractivity contribution < 1.29 is 9.52 Å². The SMILES string of the molecule is C[C@H](c1nc2c(s1)CCCC2)n1cc(-c2ccc(CO)o2)nn1. The van der Waals surface area contributed by atoms with E-state index in [-0.39, 0.29) is 12.6 Å². The molecule has 1 atom stereocenters. The number of hydrogen-bond acceptors (Lipinski definition) is 6. The van der Waals surface area contributed by atoms with Gasteiger partial charge in [0.05, 0.1) is 11.9 Å². The predicted octanol–water partition coefficient (Wildman–Crippen LogP) is 2.98. The van der Waals surface area contributed by atoms with Crippen LogP contribution in [0.15, 0.2) is 22.7 Å². The number of hydrogen-bond donors (Lipinski definition) is 1. The van der Waals surface area contributed by atoms with Gasteiger partial charge >= 0.3 is 0 Å². The van der Waals surface area contributed by atoms with E-state index in [4.69, 9.17) is 14.5 Å². The lowest BCUT2D eigenvalue weighted by Crippen LogP contribution is -2.07. The fourth-order valence-electron chi connectivity index (χ4n) is 2.84. The highest BCUT2D eigenvalue weighted by Crippen LogP contribution is 2.31. The lowest BCUT2D eigenvalue weighted by molar-refractivity contribution is 0.248. The first-order valence-electron chi connectivity index (χ1n) is 7.85. The molecule has 1 aliphatic rings. The molecule has 0 aromatic carbocycles. The maximum absolute atomic E-state index is 9.08. The van der Waals surface area contributed by atoms with Gasteiger partial charge in [-0.2, -0.15) is 0 Å². The lowest BCUT2D eigenvalue weighted by atomic mass is 10.0. The van der Waals surface area contributed by atoms with Crippen molar-refractivity contribution in [2.24, 2.45) is 0 Å². The third-order valence-corrected chi connectivity index (χ3v) is 5.52. The van der Waals surface area contributed by atoms with Crippen LogP contribution in [-0.4, -0.2) is 25.1 Å². The third kappa shape index (κ3) is 2.70. The van der Waals surface area contributed by atoms with E-state index in [0.717, 1.165) is 17.8 Å². The average molecular weight is 330 g/mol. The second-order valence-corrected chi connectivity index (χ2v) is 6.93. The van der Waals surface area contributed by atoms with Crippen molar-refractivity contribution >= 4 is 11.3 Å². The Morgan fingerprint density at radius 2 is 2.22 bits per heavy atom. The van der Waals surface area contributed by atoms with Crippen LogP contribution in [0.5, 0.6) is 0 Å². The first-order valence-corrected chi connectivity index (χ1v) is 8.66. The summed E-state index contributed by atoms with van der Waals surface area (Å²) in [5.41, 5.74) is 1.93. The molecule has 0 spiro atoms. The number of aliphatic hydroxyl groups is 1. The Bertz CT molecular complexity index is 796. The summed E-state index contributed by atoms with van der Waals surface area (Å²) in [7, 11) is 0. The maximum atomic E-state index is 9.08. The molecule has 3 aromatic rings. The minimum Gasteiger partial charge on any atom is -0.457 e. The molecular formula is C16H18N4O2S. The van der Waals surface area contributed by atoms with Crippen LogP contribution >= 0.6 is 11.3 Å². The van der Waals surface area contributed by atoms with Crippen LogP contribution in [0.2, 0.25) is 0 Å². The molecule has 6 nitrogen and oxygen atoms in total. The molecule has 0 bridgehead atoms. The molecule has 7 heteroatoms. The van der Waals surface area contributed by atoms with Gasteiger partial charge in [0, 0.05) is 4.88 Å². The molecule has 3 heterocycles. The van der Waals surface area contributed by atoms with E-state index in [0.29, 0.717) is 17.2 Å². The molecule has 3 aromatic heterocycles. The van der Waals surface area contributed by atoms with Crippen LogP contribution in [0.3, 0.4) is 0 Å². The molecule has 23 heavy (non-hydrogen) atoms. The highest BCUT2D eigenvalue weighted by Gasteiger charge is 2.21. The molecule has 0 unspecified atom stereocenters. The van der Waals surface area contributed by atoms with Gasteiger partial charge in [0.1, 0.15) is 29.1 Å². The van der Waals surface area contributed by atoms with Crippen LogP contribution in [0, 0.1) is 0 Å². The summed E-state index contributed by atoms with van der Waals surface area (Å²) in [6.45, 7) is 1.97. The highest BCUT2D eigenvalue weighted by molar-refractivity contribution is 7.11. The van der Waals surface area contributed by atoms with Crippen molar-refractivity contribution in [3.8, 4) is 11.5 Å². The Labute approximate surface area is 137 Å². The molecule has 4 rings (SSSR count). The number of nitrogens with zero attached hydrogens (tertiary/aromatic N) is 4. The average Bonchev–Trinajstić information content (AvgIpc) is 3.30. The molecule has 0 radical (unpaired) electrons. The quantitative estimate of drug-likeness (QED) is 0.796. The number of aryl methyl sites for hydroxylation is 2. The van der Waals surface area contributed by atoms with Crippen molar-refractivity contribution in [3.05, 3.63) is 39.7 Å². The summed E-state index contributed by atoms with van der Waals surface area (Å²) in [6.07, 6.45) is 6.62. The molecule has 0 saturated carbocycles. The Balaban J connectivity index is 1.59. The Morgan fingerprint density at radius 3 is 3.00 bits per heavy atom. The van der Waals surface area contributed by atoms with Crippen LogP contribution in [-0.2, 0) is 19.4 Å². The monoisotopic (exact) mass is 330 g/mol. The fourth-order valence-corrected chi connectivity index (χ4v) is 4.04. The smallest absolute Gasteiger partial charge is 0.156 e. The first kappa shape index (κ1) is 14.6. The zero-order chi connectivity index (χ0) is 15.8. The number of thiazole rings is 1. The van der Waals surface area contributed by atoms with Gasteiger partial charge in [0.25, 0.3) is 0 Å². The summed E-state index contributed by atoms with van der Waals surface area (Å²) < 4.78 is 7.33. The zero-order valence-corrected chi connectivity index (χ0v) is 13.7. The zero-order valence-electron chi connectivity index (χ0n) is 12.9. The molecular weight excluding hydrogens is 312 g/mol. The topological polar surface area (TPSA) is 77.0 Å². The van der Waals surface area contributed by atoms with Gasteiger partial charge < -0.3 is 9.52 Å². The fraction of sp³-hybridized carbons (Fsp3) is 0.438. The van der Waals surface area contributed by atoms with Crippen LogP contribution < -0.4 is 0 Å². The number of rotatable bonds is 4. The summed E-state index contributed by atoms with van der Waals surface area (Å²) in [6, 6.07) is 3.60. The summed E-state index contributed by atoms with van der Waals surface area (Å²) in [5, 5.41) is 18.6. The van der Waals surface area contributed by atoms with Crippen molar-refractivity contribution in [1.29, 1.82) is 0 Å². The number of aliphatic hydroxyl groups excluding tert-OH is 1. The largest absolute Gasteiger partial charge is 0.457 e. The first-order chi connectivity index (χ1) is 11.2. The van der Waals surface area contributed by atoms with Gasteiger partial charge in [0.2, 0.25) is 0 Å². The van der Waals surface area contributed by atoms with Crippen molar-refractivity contribution in [2.75, 3.05) is 0 Å². The number of fused-ring (bicyclic) bond motifs is 1. The molecule has 0 saturated heterocycles. The van der Waals surface area contributed by atoms with E-state index in [9.17, 15) is 0 Å². The molecule has 0 amide bonds. The van der Waals surface area contributed by atoms with Gasteiger partial charge in [0.15, 0.2) is 5.76 Å². The van der Waals surface area contributed by atoms with E-state index in [1.54, 1.807) is 23.5 Å². The van der Waals surface area contributed by atoms with Crippen molar-refractivity contribution in [2.45, 2.75) is 45.3 Å². The second-order valence-electron chi connectivity index (χ2n) is 5.81. The summed E-state index contributed by atoms with van der Waals surface area (Å²) in [4.78, 5) is 6.23. The molecule has 0 aliphatic heterocycles. The van der Waals surface area contributed by atoms with Crippen molar-refractivity contribution in [3.63, 3.8) is 0 Å². The lowest BCUT2D eigenvalue weighted by Gasteiger charge is -2.07. The predicted molar refractivity (Wildman–Crippen MR) is 86.2 cm³/mol. The van der Waals surface area contributed by atoms with E-state index in [1.807, 2.05) is 10.9 Å². The van der Waals surface area contributed by atoms with E-state index in [2.05, 4.69) is 17.2 Å². The molecule has 0 fully saturated rings. The molecule has 120 valence electrons.